The Hall–Kier alpha value is -1.81. The second-order valence-corrected chi connectivity index (χ2v) is 3.66. The fourth-order valence-electron chi connectivity index (χ4n) is 1.62. The molecule has 4 nitrogen and oxygen atoms in total. The van der Waals surface area contributed by atoms with Crippen LogP contribution in [0.3, 0.4) is 0 Å². The molecule has 2 aromatic rings. The van der Waals surface area contributed by atoms with Crippen LogP contribution in [0.15, 0.2) is 28.9 Å². The standard InChI is InChI=1S/C12H13NO3/c1-7(14)8-3-4-9-10(12(15)13-2)6-16-11(9)5-8/h3-7,14H,1-2H3,(H,13,15). The quantitative estimate of drug-likeness (QED) is 0.810. The predicted molar refractivity (Wildman–Crippen MR) is 60.2 cm³/mol. The molecule has 2 rings (SSSR count). The fraction of sp³-hybridized carbons (Fsp3) is 0.250. The summed E-state index contributed by atoms with van der Waals surface area (Å²) in [6.07, 6.45) is 0.882. The summed E-state index contributed by atoms with van der Waals surface area (Å²) >= 11 is 0. The van der Waals surface area contributed by atoms with Gasteiger partial charge in [-0.3, -0.25) is 4.79 Å². The van der Waals surface area contributed by atoms with E-state index in [4.69, 9.17) is 4.42 Å². The zero-order chi connectivity index (χ0) is 11.7. The molecule has 1 atom stereocenters. The smallest absolute Gasteiger partial charge is 0.254 e. The minimum Gasteiger partial charge on any atom is -0.463 e. The van der Waals surface area contributed by atoms with Crippen LogP contribution in [0.2, 0.25) is 0 Å². The summed E-state index contributed by atoms with van der Waals surface area (Å²) in [5, 5.41) is 12.7. The topological polar surface area (TPSA) is 62.5 Å². The van der Waals surface area contributed by atoms with Crippen LogP contribution in [0, 0.1) is 0 Å². The Balaban J connectivity index is 2.54. The van der Waals surface area contributed by atoms with Crippen LogP contribution >= 0.6 is 0 Å². The number of nitrogens with one attached hydrogen (secondary N) is 1. The molecule has 0 fully saturated rings. The third kappa shape index (κ3) is 1.67. The van der Waals surface area contributed by atoms with Crippen molar-refractivity contribution < 1.29 is 14.3 Å². The molecule has 1 aromatic carbocycles. The Bertz CT molecular complexity index is 528. The van der Waals surface area contributed by atoms with Crippen molar-refractivity contribution in [2.45, 2.75) is 13.0 Å². The molecule has 2 N–H and O–H groups in total. The van der Waals surface area contributed by atoms with Crippen molar-refractivity contribution in [2.24, 2.45) is 0 Å². The normalized spacial score (nSPS) is 12.7. The van der Waals surface area contributed by atoms with Gasteiger partial charge in [-0.05, 0) is 24.6 Å². The minimum absolute atomic E-state index is 0.177. The molecule has 1 heterocycles. The number of aliphatic hydroxyl groups is 1. The predicted octanol–water partition coefficient (Wildman–Crippen LogP) is 1.85. The van der Waals surface area contributed by atoms with Crippen LogP contribution in [-0.2, 0) is 0 Å². The molecule has 0 bridgehead atoms. The lowest BCUT2D eigenvalue weighted by atomic mass is 10.1. The Morgan fingerprint density at radius 2 is 2.25 bits per heavy atom. The first-order valence-corrected chi connectivity index (χ1v) is 5.04. The zero-order valence-corrected chi connectivity index (χ0v) is 9.15. The van der Waals surface area contributed by atoms with Gasteiger partial charge in [0, 0.05) is 12.4 Å². The lowest BCUT2D eigenvalue weighted by Crippen LogP contribution is -2.17. The largest absolute Gasteiger partial charge is 0.463 e. The Morgan fingerprint density at radius 1 is 1.50 bits per heavy atom. The monoisotopic (exact) mass is 219 g/mol. The van der Waals surface area contributed by atoms with Crippen LogP contribution in [0.1, 0.15) is 28.9 Å². The van der Waals surface area contributed by atoms with Crippen molar-refractivity contribution in [2.75, 3.05) is 7.05 Å². The van der Waals surface area contributed by atoms with Crippen molar-refractivity contribution >= 4 is 16.9 Å². The molecule has 4 heteroatoms. The fourth-order valence-corrected chi connectivity index (χ4v) is 1.62. The van der Waals surface area contributed by atoms with Gasteiger partial charge in [-0.25, -0.2) is 0 Å². The Labute approximate surface area is 92.9 Å². The maximum atomic E-state index is 11.5. The number of hydrogen-bond acceptors (Lipinski definition) is 3. The zero-order valence-electron chi connectivity index (χ0n) is 9.15. The van der Waals surface area contributed by atoms with Gasteiger partial charge in [0.2, 0.25) is 0 Å². The van der Waals surface area contributed by atoms with Crippen molar-refractivity contribution in [3.63, 3.8) is 0 Å². The molecular weight excluding hydrogens is 206 g/mol. The third-order valence-electron chi connectivity index (χ3n) is 2.55. The highest BCUT2D eigenvalue weighted by atomic mass is 16.3. The number of carbonyl (C=O) groups is 1. The first-order chi connectivity index (χ1) is 7.63. The van der Waals surface area contributed by atoms with Gasteiger partial charge in [-0.1, -0.05) is 6.07 Å². The van der Waals surface area contributed by atoms with Crippen molar-refractivity contribution in [3.8, 4) is 0 Å². The van der Waals surface area contributed by atoms with E-state index >= 15 is 0 Å². The molecular formula is C12H13NO3. The minimum atomic E-state index is -0.544. The molecule has 0 spiro atoms. The van der Waals surface area contributed by atoms with Gasteiger partial charge >= 0.3 is 0 Å². The number of rotatable bonds is 2. The average Bonchev–Trinajstić information content (AvgIpc) is 2.70. The van der Waals surface area contributed by atoms with Gasteiger partial charge in [0.25, 0.3) is 5.91 Å². The van der Waals surface area contributed by atoms with Gasteiger partial charge in [-0.15, -0.1) is 0 Å². The molecule has 1 amide bonds. The number of furan rings is 1. The number of benzene rings is 1. The summed E-state index contributed by atoms with van der Waals surface area (Å²) in [6.45, 7) is 1.68. The van der Waals surface area contributed by atoms with Crippen molar-refractivity contribution in [3.05, 3.63) is 35.6 Å². The molecule has 84 valence electrons. The van der Waals surface area contributed by atoms with Crippen LogP contribution < -0.4 is 5.32 Å². The molecule has 16 heavy (non-hydrogen) atoms. The molecule has 0 aliphatic heterocycles. The maximum Gasteiger partial charge on any atom is 0.254 e. The highest BCUT2D eigenvalue weighted by Gasteiger charge is 2.13. The molecule has 0 aliphatic rings. The number of hydrogen-bond donors (Lipinski definition) is 2. The van der Waals surface area contributed by atoms with E-state index in [1.54, 1.807) is 32.2 Å². The van der Waals surface area contributed by atoms with E-state index in [2.05, 4.69) is 5.32 Å². The third-order valence-corrected chi connectivity index (χ3v) is 2.55. The molecule has 0 aliphatic carbocycles. The lowest BCUT2D eigenvalue weighted by molar-refractivity contribution is 0.0964. The first kappa shape index (κ1) is 10.7. The number of fused-ring (bicyclic) bond motifs is 1. The summed E-state index contributed by atoms with van der Waals surface area (Å²) in [5.74, 6) is -0.177. The van der Waals surface area contributed by atoms with E-state index in [0.29, 0.717) is 11.1 Å². The SMILES string of the molecule is CNC(=O)c1coc2cc(C(C)O)ccc12. The molecule has 0 saturated heterocycles. The second kappa shape index (κ2) is 3.98. The highest BCUT2D eigenvalue weighted by Crippen LogP contribution is 2.24. The molecule has 0 saturated carbocycles. The van der Waals surface area contributed by atoms with Gasteiger partial charge in [0.05, 0.1) is 11.7 Å². The number of amides is 1. The highest BCUT2D eigenvalue weighted by molar-refractivity contribution is 6.05. The van der Waals surface area contributed by atoms with E-state index in [0.717, 1.165) is 10.9 Å². The van der Waals surface area contributed by atoms with Gasteiger partial charge in [0.1, 0.15) is 11.8 Å². The Morgan fingerprint density at radius 3 is 2.88 bits per heavy atom. The Kier molecular flexibility index (Phi) is 2.66. The summed E-state index contributed by atoms with van der Waals surface area (Å²) in [7, 11) is 1.57. The van der Waals surface area contributed by atoms with E-state index < -0.39 is 6.10 Å². The summed E-state index contributed by atoms with van der Waals surface area (Å²) in [6, 6.07) is 5.31. The van der Waals surface area contributed by atoms with Crippen LogP contribution in [0.25, 0.3) is 11.0 Å². The summed E-state index contributed by atoms with van der Waals surface area (Å²) in [4.78, 5) is 11.5. The maximum absolute atomic E-state index is 11.5. The van der Waals surface area contributed by atoms with Gasteiger partial charge in [0.15, 0.2) is 0 Å². The number of carbonyl (C=O) groups excluding carboxylic acids is 1. The van der Waals surface area contributed by atoms with Gasteiger partial charge < -0.3 is 14.8 Å². The van der Waals surface area contributed by atoms with Crippen LogP contribution in [0.4, 0.5) is 0 Å². The van der Waals surface area contributed by atoms with Crippen molar-refractivity contribution in [1.29, 1.82) is 0 Å². The van der Waals surface area contributed by atoms with E-state index in [1.807, 2.05) is 0 Å². The van der Waals surface area contributed by atoms with E-state index in [-0.39, 0.29) is 5.91 Å². The van der Waals surface area contributed by atoms with E-state index in [1.165, 1.54) is 6.26 Å². The first-order valence-electron chi connectivity index (χ1n) is 5.04. The van der Waals surface area contributed by atoms with Crippen molar-refractivity contribution in [1.82, 2.24) is 5.32 Å². The number of aliphatic hydroxyl groups excluding tert-OH is 1. The summed E-state index contributed by atoms with van der Waals surface area (Å²) in [5.41, 5.74) is 1.89. The molecule has 0 radical (unpaired) electrons. The average molecular weight is 219 g/mol. The van der Waals surface area contributed by atoms with Crippen LogP contribution in [-0.4, -0.2) is 18.1 Å². The molecule has 1 unspecified atom stereocenters. The lowest BCUT2D eigenvalue weighted by Gasteiger charge is -2.03. The van der Waals surface area contributed by atoms with E-state index in [9.17, 15) is 9.90 Å². The van der Waals surface area contributed by atoms with Gasteiger partial charge in [-0.2, -0.15) is 0 Å². The molecule has 1 aromatic heterocycles. The summed E-state index contributed by atoms with van der Waals surface area (Å²) < 4.78 is 5.29. The van der Waals surface area contributed by atoms with Crippen LogP contribution in [0.5, 0.6) is 0 Å². The second-order valence-electron chi connectivity index (χ2n) is 3.66.